The van der Waals surface area contributed by atoms with Crippen LogP contribution in [0.2, 0.25) is 0 Å². The Morgan fingerprint density at radius 1 is 0.789 bits per heavy atom. The molecule has 0 aromatic carbocycles. The van der Waals surface area contributed by atoms with Gasteiger partial charge in [-0.25, -0.2) is 0 Å². The summed E-state index contributed by atoms with van der Waals surface area (Å²) in [6.45, 7) is 9.28. The SMILES string of the molecule is CC(C)C1=[C]([Ti+2][C]2=C(C(C)C)C=CC2)CC=C1.[F-].[F-]. The molecule has 0 fully saturated rings. The van der Waals surface area contributed by atoms with Crippen LogP contribution in [0.5, 0.6) is 0 Å². The third-order valence-corrected chi connectivity index (χ3v) is 5.96. The van der Waals surface area contributed by atoms with Crippen LogP contribution in [0.1, 0.15) is 40.5 Å². The van der Waals surface area contributed by atoms with Crippen LogP contribution in [-0.4, -0.2) is 0 Å². The molecule has 0 heterocycles. The summed E-state index contributed by atoms with van der Waals surface area (Å²) in [4.78, 5) is 0. The van der Waals surface area contributed by atoms with Gasteiger partial charge in [0.25, 0.3) is 0 Å². The van der Waals surface area contributed by atoms with Gasteiger partial charge in [-0.2, -0.15) is 0 Å². The summed E-state index contributed by atoms with van der Waals surface area (Å²) in [6.07, 6.45) is 11.9. The Bertz CT molecular complexity index is 386. The van der Waals surface area contributed by atoms with E-state index in [9.17, 15) is 0 Å². The summed E-state index contributed by atoms with van der Waals surface area (Å²) < 4.78 is 3.55. The number of hydrogen-bond donors (Lipinski definition) is 0. The Balaban J connectivity index is 0.00000162. The van der Waals surface area contributed by atoms with Gasteiger partial charge >= 0.3 is 115 Å². The van der Waals surface area contributed by atoms with Crippen LogP contribution in [-0.2, 0) is 19.2 Å². The summed E-state index contributed by atoms with van der Waals surface area (Å²) in [7, 11) is 0. The van der Waals surface area contributed by atoms with Crippen molar-refractivity contribution in [1.29, 1.82) is 0 Å². The molecular formula is C16H22F2Ti. The smallest absolute Gasteiger partial charge is 1.00 e. The number of rotatable bonds is 4. The molecule has 2 aliphatic carbocycles. The molecule has 0 radical (unpaired) electrons. The molecule has 0 aromatic heterocycles. The Morgan fingerprint density at radius 2 is 1.16 bits per heavy atom. The normalized spacial score (nSPS) is 17.2. The van der Waals surface area contributed by atoms with Crippen molar-refractivity contribution in [2.75, 3.05) is 0 Å². The molecule has 0 N–H and O–H groups in total. The third kappa shape index (κ3) is 4.26. The molecule has 0 atom stereocenters. The predicted molar refractivity (Wildman–Crippen MR) is 71.2 cm³/mol. The van der Waals surface area contributed by atoms with Crippen molar-refractivity contribution in [1.82, 2.24) is 0 Å². The summed E-state index contributed by atoms with van der Waals surface area (Å²) in [5.74, 6) is 1.40. The van der Waals surface area contributed by atoms with Gasteiger partial charge in [-0.15, -0.1) is 0 Å². The van der Waals surface area contributed by atoms with E-state index < -0.39 is 0 Å². The van der Waals surface area contributed by atoms with Crippen molar-refractivity contribution in [2.24, 2.45) is 11.8 Å². The molecule has 0 nitrogen and oxygen atoms in total. The minimum Gasteiger partial charge on any atom is -1.00 e. The predicted octanol–water partition coefficient (Wildman–Crippen LogP) is -1.18. The van der Waals surface area contributed by atoms with E-state index >= 15 is 0 Å². The minimum atomic E-state index is -0.0443. The molecule has 2 rings (SSSR count). The second-order valence-corrected chi connectivity index (χ2v) is 7.79. The van der Waals surface area contributed by atoms with Crippen LogP contribution in [0.25, 0.3) is 0 Å². The van der Waals surface area contributed by atoms with Crippen LogP contribution < -0.4 is 9.41 Å². The molecule has 3 heteroatoms. The topological polar surface area (TPSA) is 0 Å². The molecule has 0 saturated carbocycles. The molecule has 0 aliphatic heterocycles. The summed E-state index contributed by atoms with van der Waals surface area (Å²) >= 11 is -0.0443. The average Bonchev–Trinajstić information content (AvgIpc) is 2.86. The van der Waals surface area contributed by atoms with Crippen LogP contribution >= 0.6 is 0 Å². The molecule has 19 heavy (non-hydrogen) atoms. The second kappa shape index (κ2) is 7.96. The summed E-state index contributed by atoms with van der Waals surface area (Å²) in [5.41, 5.74) is 3.26. The quantitative estimate of drug-likeness (QED) is 0.573. The maximum atomic E-state index is 2.36. The second-order valence-electron chi connectivity index (χ2n) is 5.52. The van der Waals surface area contributed by atoms with Crippen molar-refractivity contribution < 1.29 is 28.6 Å². The number of hydrogen-bond acceptors (Lipinski definition) is 0. The van der Waals surface area contributed by atoms with Gasteiger partial charge in [0.05, 0.1) is 0 Å². The van der Waals surface area contributed by atoms with E-state index in [1.807, 2.05) is 0 Å². The molecule has 0 aromatic rings. The first kappa shape index (κ1) is 18.5. The van der Waals surface area contributed by atoms with Crippen molar-refractivity contribution in [2.45, 2.75) is 40.5 Å². The average molecular weight is 300 g/mol. The van der Waals surface area contributed by atoms with E-state index in [2.05, 4.69) is 52.0 Å². The molecule has 0 bridgehead atoms. The first-order valence-corrected chi connectivity index (χ1v) is 8.22. The Hall–Kier alpha value is -0.466. The maximum Gasteiger partial charge on any atom is -1.00 e. The maximum absolute atomic E-state index is 2.36. The van der Waals surface area contributed by atoms with E-state index in [1.165, 1.54) is 12.8 Å². The minimum absolute atomic E-state index is 0. The zero-order chi connectivity index (χ0) is 12.4. The van der Waals surface area contributed by atoms with E-state index in [0.29, 0.717) is 11.8 Å². The van der Waals surface area contributed by atoms with Crippen LogP contribution in [0.3, 0.4) is 0 Å². The molecule has 0 saturated heterocycles. The monoisotopic (exact) mass is 300 g/mol. The van der Waals surface area contributed by atoms with Gasteiger partial charge in [-0.1, -0.05) is 0 Å². The molecule has 0 spiro atoms. The fraction of sp³-hybridized carbons (Fsp3) is 0.500. The van der Waals surface area contributed by atoms with Crippen LogP contribution in [0, 0.1) is 11.8 Å². The summed E-state index contributed by atoms with van der Waals surface area (Å²) in [5, 5.41) is 0. The zero-order valence-corrected chi connectivity index (χ0v) is 13.7. The van der Waals surface area contributed by atoms with E-state index in [0.717, 1.165) is 0 Å². The van der Waals surface area contributed by atoms with Gasteiger partial charge < -0.3 is 9.41 Å². The van der Waals surface area contributed by atoms with Crippen LogP contribution in [0.4, 0.5) is 0 Å². The fourth-order valence-electron chi connectivity index (χ4n) is 2.55. The van der Waals surface area contributed by atoms with E-state index in [4.69, 9.17) is 0 Å². The number of allylic oxidation sites excluding steroid dienone is 8. The van der Waals surface area contributed by atoms with Gasteiger partial charge in [-0.3, -0.25) is 0 Å². The van der Waals surface area contributed by atoms with Gasteiger partial charge in [0.2, 0.25) is 0 Å². The first-order valence-electron chi connectivity index (χ1n) is 6.65. The number of halogens is 2. The van der Waals surface area contributed by atoms with Gasteiger partial charge in [-0.05, 0) is 0 Å². The van der Waals surface area contributed by atoms with E-state index in [1.54, 1.807) is 18.9 Å². The third-order valence-electron chi connectivity index (χ3n) is 3.48. The standard InChI is InChI=1S/2C8H11.2FH.Ti/c2*1-7(2)8-5-3-4-6-8;;;/h2*3,5,7H,4H2,1-2H3;2*1H;/q;;;;+2/p-2. The largest absolute Gasteiger partial charge is 1.00 e. The first-order chi connectivity index (χ1) is 8.09. The zero-order valence-electron chi connectivity index (χ0n) is 12.1. The van der Waals surface area contributed by atoms with Crippen molar-refractivity contribution in [3.8, 4) is 0 Å². The molecule has 0 unspecified atom stereocenters. The molecule has 0 amide bonds. The van der Waals surface area contributed by atoms with Crippen LogP contribution in [0.15, 0.2) is 43.2 Å². The summed E-state index contributed by atoms with van der Waals surface area (Å²) in [6, 6.07) is 0. The van der Waals surface area contributed by atoms with E-state index in [-0.39, 0.29) is 28.6 Å². The molecule has 2 aliphatic rings. The van der Waals surface area contributed by atoms with Crippen molar-refractivity contribution >= 4 is 0 Å². The fourth-order valence-corrected chi connectivity index (χ4v) is 5.42. The Labute approximate surface area is 124 Å². The molecular weight excluding hydrogens is 278 g/mol. The van der Waals surface area contributed by atoms with Crippen molar-refractivity contribution in [3.05, 3.63) is 43.2 Å². The Kier molecular flexibility index (Phi) is 7.77. The van der Waals surface area contributed by atoms with Gasteiger partial charge in [0, 0.05) is 0 Å². The Morgan fingerprint density at radius 3 is 1.47 bits per heavy atom. The van der Waals surface area contributed by atoms with Gasteiger partial charge in [0.15, 0.2) is 0 Å². The van der Waals surface area contributed by atoms with Gasteiger partial charge in [0.1, 0.15) is 0 Å². The van der Waals surface area contributed by atoms with Crippen molar-refractivity contribution in [3.63, 3.8) is 0 Å². The molecule has 104 valence electrons.